The highest BCUT2D eigenvalue weighted by molar-refractivity contribution is 5.98. The highest BCUT2D eigenvalue weighted by Crippen LogP contribution is 2.35. The number of aromatic nitrogens is 1. The van der Waals surface area contributed by atoms with Crippen LogP contribution >= 0.6 is 0 Å². The Kier molecular flexibility index (Phi) is 10.9. The first-order valence-corrected chi connectivity index (χ1v) is 15.1. The van der Waals surface area contributed by atoms with Gasteiger partial charge >= 0.3 is 5.97 Å². The van der Waals surface area contributed by atoms with Crippen LogP contribution in [-0.4, -0.2) is 77.5 Å². The first kappa shape index (κ1) is 32.4. The molecular weight excluding hydrogens is 566 g/mol. The van der Waals surface area contributed by atoms with Crippen molar-refractivity contribution in [3.8, 4) is 0 Å². The van der Waals surface area contributed by atoms with E-state index in [1.807, 2.05) is 44.2 Å². The summed E-state index contributed by atoms with van der Waals surface area (Å²) >= 11 is 0. The van der Waals surface area contributed by atoms with E-state index in [-0.39, 0.29) is 48.3 Å². The number of benzene rings is 1. The van der Waals surface area contributed by atoms with Gasteiger partial charge in [0.1, 0.15) is 17.8 Å². The molecule has 3 N–H and O–H groups in total. The molecule has 12 heteroatoms. The molecule has 0 radical (unpaired) electrons. The number of nitrogens with zero attached hydrogens (tertiary/aromatic N) is 2. The van der Waals surface area contributed by atoms with Crippen LogP contribution in [0.25, 0.3) is 0 Å². The highest BCUT2D eigenvalue weighted by atomic mass is 16.5. The lowest BCUT2D eigenvalue weighted by atomic mass is 9.90. The molecule has 0 aliphatic carbocycles. The van der Waals surface area contributed by atoms with E-state index >= 15 is 0 Å². The third-order valence-corrected chi connectivity index (χ3v) is 8.04. The van der Waals surface area contributed by atoms with Crippen molar-refractivity contribution in [2.45, 2.75) is 71.0 Å². The van der Waals surface area contributed by atoms with Gasteiger partial charge in [0.25, 0.3) is 5.91 Å². The Labute approximate surface area is 256 Å². The number of likely N-dealkylation sites (tertiary alicyclic amines) is 1. The number of rotatable bonds is 12. The zero-order chi connectivity index (χ0) is 31.8. The van der Waals surface area contributed by atoms with Crippen LogP contribution < -0.4 is 16.0 Å². The number of nitrogens with one attached hydrogen (secondary N) is 3. The Morgan fingerprint density at radius 2 is 1.91 bits per heavy atom. The lowest BCUT2D eigenvalue weighted by Gasteiger charge is -2.33. The van der Waals surface area contributed by atoms with Crippen molar-refractivity contribution in [3.63, 3.8) is 0 Å². The Hall–Kier alpha value is -4.48. The van der Waals surface area contributed by atoms with E-state index in [1.54, 1.807) is 13.8 Å². The van der Waals surface area contributed by atoms with Crippen molar-refractivity contribution >= 4 is 29.6 Å². The fourth-order valence-corrected chi connectivity index (χ4v) is 5.81. The molecule has 1 aromatic heterocycles. The van der Waals surface area contributed by atoms with Crippen LogP contribution in [0.5, 0.6) is 0 Å². The summed E-state index contributed by atoms with van der Waals surface area (Å²) < 4.78 is 10.0. The summed E-state index contributed by atoms with van der Waals surface area (Å²) in [6, 6.07) is 8.51. The summed E-state index contributed by atoms with van der Waals surface area (Å²) in [4.78, 5) is 67.2. The molecule has 3 heterocycles. The molecule has 0 bridgehead atoms. The predicted molar refractivity (Wildman–Crippen MR) is 160 cm³/mol. The van der Waals surface area contributed by atoms with Crippen LogP contribution in [0.4, 0.5) is 0 Å². The summed E-state index contributed by atoms with van der Waals surface area (Å²) in [7, 11) is 0. The van der Waals surface area contributed by atoms with Crippen molar-refractivity contribution in [2.24, 2.45) is 11.8 Å². The van der Waals surface area contributed by atoms with E-state index < -0.39 is 35.9 Å². The predicted octanol–water partition coefficient (Wildman–Crippen LogP) is 2.25. The van der Waals surface area contributed by atoms with Gasteiger partial charge < -0.3 is 30.1 Å². The minimum absolute atomic E-state index is 0.0611. The average Bonchev–Trinajstić information content (AvgIpc) is 3.74. The molecule has 1 aromatic carbocycles. The number of carbonyl (C=O) groups is 5. The van der Waals surface area contributed by atoms with Gasteiger partial charge in [-0.3, -0.25) is 19.2 Å². The molecule has 2 aliphatic heterocycles. The van der Waals surface area contributed by atoms with E-state index in [4.69, 9.17) is 9.26 Å². The zero-order valence-electron chi connectivity index (χ0n) is 25.6. The van der Waals surface area contributed by atoms with Crippen molar-refractivity contribution in [2.75, 3.05) is 19.7 Å². The number of hydrogen-bond acceptors (Lipinski definition) is 8. The summed E-state index contributed by atoms with van der Waals surface area (Å²) in [5.41, 5.74) is 0.964. The third kappa shape index (κ3) is 7.91. The summed E-state index contributed by atoms with van der Waals surface area (Å²) in [6.45, 7) is 8.05. The maximum absolute atomic E-state index is 14.2. The second-order valence-corrected chi connectivity index (χ2v) is 11.5. The van der Waals surface area contributed by atoms with Gasteiger partial charge in [-0.2, -0.15) is 0 Å². The Morgan fingerprint density at radius 1 is 1.16 bits per heavy atom. The van der Waals surface area contributed by atoms with Gasteiger partial charge in [0.2, 0.25) is 17.7 Å². The van der Waals surface area contributed by atoms with E-state index in [0.29, 0.717) is 31.7 Å². The Bertz CT molecular complexity index is 1370. The maximum Gasteiger partial charge on any atom is 0.330 e. The first-order valence-electron chi connectivity index (χ1n) is 15.1. The minimum atomic E-state index is -0.925. The second-order valence-electron chi connectivity index (χ2n) is 11.5. The Morgan fingerprint density at radius 3 is 2.52 bits per heavy atom. The van der Waals surface area contributed by atoms with Crippen LogP contribution in [0.1, 0.15) is 67.8 Å². The molecule has 4 rings (SSSR count). The van der Waals surface area contributed by atoms with Gasteiger partial charge in [0.05, 0.1) is 6.61 Å². The topological polar surface area (TPSA) is 160 Å². The van der Waals surface area contributed by atoms with E-state index in [2.05, 4.69) is 21.1 Å². The van der Waals surface area contributed by atoms with Gasteiger partial charge in [-0.25, -0.2) is 4.79 Å². The highest BCUT2D eigenvalue weighted by Gasteiger charge is 2.45. The summed E-state index contributed by atoms with van der Waals surface area (Å²) in [5, 5.41) is 12.4. The second kappa shape index (κ2) is 14.8. The van der Waals surface area contributed by atoms with Gasteiger partial charge in [0, 0.05) is 43.1 Å². The van der Waals surface area contributed by atoms with Crippen LogP contribution in [-0.2, 0) is 23.9 Å². The molecule has 5 unspecified atom stereocenters. The standard InChI is InChI=1S/C32H41N5O7/c1-5-43-26(38)12-11-23(18-22-13-15-33-29(22)39)34-31(41)28-24(21-9-7-6-8-10-21)14-16-37(28)32(42)27(19(2)3)35-30(40)25-17-20(4)44-36-25/h6-12,17,19,22-24,27-28H,5,13-16,18H2,1-4H3,(H,33,39)(H,34,41)(H,35,40). The SMILES string of the molecule is CCOC(=O)C=CC(CC1CCNC1=O)NC(=O)C1C(c2ccccc2)CCN1C(=O)C(NC(=O)c1cc(C)on1)C(C)C. The molecule has 5 atom stereocenters. The molecule has 12 nitrogen and oxygen atoms in total. The first-order chi connectivity index (χ1) is 21.1. The third-order valence-electron chi connectivity index (χ3n) is 8.04. The quantitative estimate of drug-likeness (QED) is 0.245. The summed E-state index contributed by atoms with van der Waals surface area (Å²) in [6.07, 6.45) is 4.22. The van der Waals surface area contributed by atoms with Gasteiger partial charge in [-0.1, -0.05) is 55.4 Å². The average molecular weight is 608 g/mol. The Balaban J connectivity index is 1.61. The monoisotopic (exact) mass is 607 g/mol. The van der Waals surface area contributed by atoms with Crippen molar-refractivity contribution < 1.29 is 33.2 Å². The van der Waals surface area contributed by atoms with E-state index in [1.165, 1.54) is 23.1 Å². The van der Waals surface area contributed by atoms with E-state index in [9.17, 15) is 24.0 Å². The number of esters is 1. The summed E-state index contributed by atoms with van der Waals surface area (Å²) in [5.74, 6) is -2.49. The largest absolute Gasteiger partial charge is 0.463 e. The molecule has 2 fully saturated rings. The molecular formula is C32H41N5O7. The number of ether oxygens (including phenoxy) is 1. The molecule has 0 saturated carbocycles. The van der Waals surface area contributed by atoms with Crippen molar-refractivity contribution in [1.82, 2.24) is 26.0 Å². The normalized spacial score (nSPS) is 21.2. The van der Waals surface area contributed by atoms with E-state index in [0.717, 1.165) is 5.56 Å². The van der Waals surface area contributed by atoms with Gasteiger partial charge in [-0.15, -0.1) is 0 Å². The zero-order valence-corrected chi connectivity index (χ0v) is 25.6. The number of amides is 4. The lowest BCUT2D eigenvalue weighted by molar-refractivity contribution is -0.141. The molecule has 4 amide bonds. The molecule has 2 saturated heterocycles. The molecule has 2 aliphatic rings. The lowest BCUT2D eigenvalue weighted by Crippen LogP contribution is -2.57. The maximum atomic E-state index is 14.2. The molecule has 44 heavy (non-hydrogen) atoms. The molecule has 2 aromatic rings. The van der Waals surface area contributed by atoms with Crippen LogP contribution in [0.3, 0.4) is 0 Å². The van der Waals surface area contributed by atoms with Gasteiger partial charge in [-0.05, 0) is 44.6 Å². The molecule has 236 valence electrons. The minimum Gasteiger partial charge on any atom is -0.463 e. The smallest absolute Gasteiger partial charge is 0.330 e. The van der Waals surface area contributed by atoms with Crippen LogP contribution in [0.15, 0.2) is 53.1 Å². The van der Waals surface area contributed by atoms with Gasteiger partial charge in [0.15, 0.2) is 5.69 Å². The fraction of sp³-hybridized carbons (Fsp3) is 0.500. The molecule has 0 spiro atoms. The number of hydrogen-bond donors (Lipinski definition) is 3. The fourth-order valence-electron chi connectivity index (χ4n) is 5.81. The number of carbonyl (C=O) groups excluding carboxylic acids is 5. The number of aryl methyl sites for hydroxylation is 1. The van der Waals surface area contributed by atoms with Crippen LogP contribution in [0.2, 0.25) is 0 Å². The van der Waals surface area contributed by atoms with Crippen molar-refractivity contribution in [3.05, 3.63) is 65.6 Å². The van der Waals surface area contributed by atoms with Crippen LogP contribution in [0, 0.1) is 18.8 Å². The van der Waals surface area contributed by atoms with Crippen molar-refractivity contribution in [1.29, 1.82) is 0 Å².